The Bertz CT molecular complexity index is 464. The zero-order valence-electron chi connectivity index (χ0n) is 12.3. The van der Waals surface area contributed by atoms with Crippen LogP contribution in [0.5, 0.6) is 0 Å². The number of nitro groups is 1. The fourth-order valence-electron chi connectivity index (χ4n) is 2.25. The molecule has 0 aliphatic rings. The van der Waals surface area contributed by atoms with Crippen molar-refractivity contribution in [3.05, 3.63) is 21.6 Å². The fourth-order valence-corrected chi connectivity index (χ4v) is 2.44. The summed E-state index contributed by atoms with van der Waals surface area (Å²) in [6.07, 6.45) is 3.06. The molecule has 0 unspecified atom stereocenters. The third-order valence-electron chi connectivity index (χ3n) is 3.16. The maximum Gasteiger partial charge on any atom is 0.348 e. The van der Waals surface area contributed by atoms with Crippen LogP contribution < -0.4 is 4.90 Å². The van der Waals surface area contributed by atoms with Crippen LogP contribution in [0.15, 0.2) is 6.33 Å². The molecule has 0 aromatic carbocycles. The summed E-state index contributed by atoms with van der Waals surface area (Å²) in [5, 5.41) is 11.1. The molecule has 1 aromatic heterocycles. The lowest BCUT2D eigenvalue weighted by Gasteiger charge is -2.32. The molecule has 0 bridgehead atoms. The van der Waals surface area contributed by atoms with Crippen molar-refractivity contribution in [3.8, 4) is 0 Å². The summed E-state index contributed by atoms with van der Waals surface area (Å²) >= 11 is 5.88. The average Bonchev–Trinajstić information content (AvgIpc) is 2.37. The highest BCUT2D eigenvalue weighted by Crippen LogP contribution is 2.33. The monoisotopic (exact) mass is 300 g/mol. The van der Waals surface area contributed by atoms with Crippen LogP contribution in [0.3, 0.4) is 0 Å². The van der Waals surface area contributed by atoms with E-state index in [9.17, 15) is 10.1 Å². The maximum absolute atomic E-state index is 11.2. The van der Waals surface area contributed by atoms with Crippen LogP contribution in [-0.4, -0.2) is 27.5 Å². The molecule has 112 valence electrons. The van der Waals surface area contributed by atoms with Crippen LogP contribution in [-0.2, 0) is 0 Å². The van der Waals surface area contributed by atoms with Gasteiger partial charge in [-0.15, -0.1) is 0 Å². The molecule has 20 heavy (non-hydrogen) atoms. The van der Waals surface area contributed by atoms with Crippen molar-refractivity contribution in [1.82, 2.24) is 9.97 Å². The van der Waals surface area contributed by atoms with Crippen molar-refractivity contribution < 1.29 is 4.92 Å². The van der Waals surface area contributed by atoms with E-state index in [0.29, 0.717) is 18.3 Å². The van der Waals surface area contributed by atoms with Crippen molar-refractivity contribution in [2.24, 2.45) is 5.92 Å². The zero-order chi connectivity index (χ0) is 15.3. The van der Waals surface area contributed by atoms with Gasteiger partial charge in [0.05, 0.1) is 4.92 Å². The molecule has 0 radical (unpaired) electrons. The summed E-state index contributed by atoms with van der Waals surface area (Å²) in [6.45, 7) is 8.97. The van der Waals surface area contributed by atoms with Crippen molar-refractivity contribution in [2.45, 2.75) is 46.6 Å². The molecule has 1 heterocycles. The lowest BCUT2D eigenvalue weighted by molar-refractivity contribution is -0.384. The van der Waals surface area contributed by atoms with Gasteiger partial charge in [-0.05, 0) is 18.8 Å². The minimum Gasteiger partial charge on any atom is -0.348 e. The molecule has 6 nitrogen and oxygen atoms in total. The van der Waals surface area contributed by atoms with Gasteiger partial charge in [-0.2, -0.15) is 0 Å². The third-order valence-corrected chi connectivity index (χ3v) is 3.43. The zero-order valence-corrected chi connectivity index (χ0v) is 13.1. The second-order valence-corrected chi connectivity index (χ2v) is 5.47. The predicted octanol–water partition coefficient (Wildman–Crippen LogP) is 3.69. The highest BCUT2D eigenvalue weighted by Gasteiger charge is 2.29. The quantitative estimate of drug-likeness (QED) is 0.436. The molecule has 0 aliphatic carbocycles. The van der Waals surface area contributed by atoms with Gasteiger partial charge in [0.15, 0.2) is 0 Å². The van der Waals surface area contributed by atoms with Crippen molar-refractivity contribution >= 4 is 23.1 Å². The summed E-state index contributed by atoms with van der Waals surface area (Å²) in [5.74, 6) is 0.682. The standard InChI is InChI=1S/C13H21ClN4O2/c1-5-10(6-2)17(7-9(3)4)13-11(18(19)20)12(14)15-8-16-13/h8-10H,5-7H2,1-4H3. The van der Waals surface area contributed by atoms with Gasteiger partial charge in [0.1, 0.15) is 6.33 Å². The van der Waals surface area contributed by atoms with Crippen LogP contribution in [0, 0.1) is 16.0 Å². The Kier molecular flexibility index (Phi) is 6.13. The number of halogens is 1. The topological polar surface area (TPSA) is 72.2 Å². The number of hydrogen-bond acceptors (Lipinski definition) is 5. The van der Waals surface area contributed by atoms with Crippen LogP contribution >= 0.6 is 11.6 Å². The van der Waals surface area contributed by atoms with Gasteiger partial charge in [0.25, 0.3) is 0 Å². The van der Waals surface area contributed by atoms with Crippen LogP contribution in [0.25, 0.3) is 0 Å². The molecular formula is C13H21ClN4O2. The molecule has 0 fully saturated rings. The Morgan fingerprint density at radius 1 is 1.35 bits per heavy atom. The summed E-state index contributed by atoms with van der Waals surface area (Å²) in [6, 6.07) is 0.196. The molecule has 0 atom stereocenters. The van der Waals surface area contributed by atoms with Crippen LogP contribution in [0.1, 0.15) is 40.5 Å². The number of anilines is 1. The highest BCUT2D eigenvalue weighted by atomic mass is 35.5. The van der Waals surface area contributed by atoms with Crippen LogP contribution in [0.2, 0.25) is 5.15 Å². The number of nitrogens with zero attached hydrogens (tertiary/aromatic N) is 4. The first kappa shape index (κ1) is 16.6. The normalized spacial score (nSPS) is 11.2. The van der Waals surface area contributed by atoms with E-state index in [1.165, 1.54) is 6.33 Å². The second kappa shape index (κ2) is 7.38. The molecule has 1 rings (SSSR count). The van der Waals surface area contributed by atoms with Gasteiger partial charge in [-0.25, -0.2) is 9.97 Å². The van der Waals surface area contributed by atoms with Crippen LogP contribution in [0.4, 0.5) is 11.5 Å². The number of hydrogen-bond donors (Lipinski definition) is 0. The second-order valence-electron chi connectivity index (χ2n) is 5.11. The van der Waals surface area contributed by atoms with E-state index < -0.39 is 4.92 Å². The predicted molar refractivity (Wildman–Crippen MR) is 80.3 cm³/mol. The van der Waals surface area contributed by atoms with E-state index in [1.54, 1.807) is 0 Å². The first-order valence-corrected chi connectivity index (χ1v) is 7.21. The SMILES string of the molecule is CCC(CC)N(CC(C)C)c1ncnc(Cl)c1[N+](=O)[O-]. The largest absolute Gasteiger partial charge is 0.348 e. The summed E-state index contributed by atoms with van der Waals surface area (Å²) < 4.78 is 0. The Morgan fingerprint density at radius 2 is 1.95 bits per heavy atom. The van der Waals surface area contributed by atoms with Gasteiger partial charge in [0, 0.05) is 12.6 Å². The summed E-state index contributed by atoms with van der Waals surface area (Å²) in [5.41, 5.74) is -0.207. The van der Waals surface area contributed by atoms with E-state index in [-0.39, 0.29) is 16.9 Å². The summed E-state index contributed by atoms with van der Waals surface area (Å²) in [7, 11) is 0. The molecule has 0 spiro atoms. The van der Waals surface area contributed by atoms with Crippen molar-refractivity contribution in [1.29, 1.82) is 0 Å². The van der Waals surface area contributed by atoms with Gasteiger partial charge >= 0.3 is 5.69 Å². The van der Waals surface area contributed by atoms with E-state index in [4.69, 9.17) is 11.6 Å². The third kappa shape index (κ3) is 3.79. The molecule has 7 heteroatoms. The van der Waals surface area contributed by atoms with Gasteiger partial charge in [-0.3, -0.25) is 10.1 Å². The Balaban J connectivity index is 3.33. The molecule has 0 amide bonds. The first-order chi connectivity index (χ1) is 9.42. The molecule has 0 saturated carbocycles. The highest BCUT2D eigenvalue weighted by molar-refractivity contribution is 6.31. The Hall–Kier alpha value is -1.43. The average molecular weight is 301 g/mol. The molecule has 0 aliphatic heterocycles. The molecule has 0 N–H and O–H groups in total. The number of aromatic nitrogens is 2. The minimum atomic E-state index is -0.507. The number of rotatable bonds is 7. The van der Waals surface area contributed by atoms with E-state index in [0.717, 1.165) is 12.8 Å². The fraction of sp³-hybridized carbons (Fsp3) is 0.692. The Labute approximate surface area is 124 Å². The van der Waals surface area contributed by atoms with E-state index in [2.05, 4.69) is 37.7 Å². The van der Waals surface area contributed by atoms with Gasteiger partial charge in [-0.1, -0.05) is 39.3 Å². The Morgan fingerprint density at radius 3 is 2.40 bits per heavy atom. The van der Waals surface area contributed by atoms with Crippen molar-refractivity contribution in [2.75, 3.05) is 11.4 Å². The summed E-state index contributed by atoms with van der Waals surface area (Å²) in [4.78, 5) is 20.6. The molecule has 1 aromatic rings. The van der Waals surface area contributed by atoms with Gasteiger partial charge < -0.3 is 4.90 Å². The van der Waals surface area contributed by atoms with Crippen molar-refractivity contribution in [3.63, 3.8) is 0 Å². The van der Waals surface area contributed by atoms with E-state index >= 15 is 0 Å². The molecular weight excluding hydrogens is 280 g/mol. The molecule has 0 saturated heterocycles. The minimum absolute atomic E-state index is 0.111. The lowest BCUT2D eigenvalue weighted by atomic mass is 10.1. The van der Waals surface area contributed by atoms with Gasteiger partial charge in [0.2, 0.25) is 11.0 Å². The lowest BCUT2D eigenvalue weighted by Crippen LogP contribution is -2.38. The smallest absolute Gasteiger partial charge is 0.348 e. The first-order valence-electron chi connectivity index (χ1n) is 6.83. The maximum atomic E-state index is 11.2. The van der Waals surface area contributed by atoms with E-state index in [1.807, 2.05) is 4.90 Å².